The zero-order valence-electron chi connectivity index (χ0n) is 15.7. The number of fused-ring (bicyclic) bond motifs is 4. The van der Waals surface area contributed by atoms with Gasteiger partial charge in [0.25, 0.3) is 5.56 Å². The van der Waals surface area contributed by atoms with E-state index in [2.05, 4.69) is 31.5 Å². The Morgan fingerprint density at radius 1 is 1.31 bits per heavy atom. The van der Waals surface area contributed by atoms with Crippen LogP contribution >= 0.6 is 23.1 Å². The molecule has 1 aliphatic carbocycles. The molecule has 2 N–H and O–H groups in total. The van der Waals surface area contributed by atoms with Crippen molar-refractivity contribution in [3.05, 3.63) is 45.4 Å². The third-order valence-electron chi connectivity index (χ3n) is 4.96. The number of aromatic amines is 1. The third-order valence-corrected chi connectivity index (χ3v) is 6.83. The lowest BCUT2D eigenvalue weighted by Gasteiger charge is -2.16. The Hall–Kier alpha value is -2.72. The zero-order valence-corrected chi connectivity index (χ0v) is 17.3. The Labute approximate surface area is 173 Å². The first-order valence-corrected chi connectivity index (χ1v) is 11.2. The molecule has 3 aromatic heterocycles. The molecule has 0 bridgehead atoms. The zero-order chi connectivity index (χ0) is 20.0. The summed E-state index contributed by atoms with van der Waals surface area (Å²) in [5.41, 5.74) is 3.72. The van der Waals surface area contributed by atoms with Gasteiger partial charge in [-0.1, -0.05) is 29.2 Å². The maximum absolute atomic E-state index is 12.4. The number of thioether (sulfide) groups is 1. The molecule has 1 amide bonds. The first kappa shape index (κ1) is 18.3. The predicted octanol–water partition coefficient (Wildman–Crippen LogP) is 2.95. The van der Waals surface area contributed by atoms with Crippen LogP contribution in [0, 0.1) is 6.92 Å². The van der Waals surface area contributed by atoms with Crippen molar-refractivity contribution in [2.24, 2.45) is 0 Å². The molecule has 0 saturated carbocycles. The Balaban J connectivity index is 1.34. The fourth-order valence-electron chi connectivity index (χ4n) is 3.62. The number of carbonyl (C=O) groups is 1. The lowest BCUT2D eigenvalue weighted by molar-refractivity contribution is -0.113. The van der Waals surface area contributed by atoms with Gasteiger partial charge in [0.15, 0.2) is 10.3 Å². The number of thiazole rings is 1. The lowest BCUT2D eigenvalue weighted by atomic mass is 9.97. The van der Waals surface area contributed by atoms with Gasteiger partial charge >= 0.3 is 0 Å². The molecule has 148 valence electrons. The van der Waals surface area contributed by atoms with Gasteiger partial charge in [-0.15, -0.1) is 10.2 Å². The molecule has 5 rings (SSSR count). The average molecular weight is 427 g/mol. The van der Waals surface area contributed by atoms with E-state index in [0.29, 0.717) is 16.1 Å². The van der Waals surface area contributed by atoms with Crippen molar-refractivity contribution < 1.29 is 4.79 Å². The summed E-state index contributed by atoms with van der Waals surface area (Å²) in [6, 6.07) is 6.02. The van der Waals surface area contributed by atoms with Crippen LogP contribution in [0.5, 0.6) is 0 Å². The second-order valence-corrected chi connectivity index (χ2v) is 9.03. The number of benzene rings is 1. The highest BCUT2D eigenvalue weighted by Crippen LogP contribution is 2.27. The number of anilines is 1. The molecular weight excluding hydrogens is 408 g/mol. The normalized spacial score (nSPS) is 13.7. The molecule has 0 radical (unpaired) electrons. The maximum atomic E-state index is 12.4. The summed E-state index contributed by atoms with van der Waals surface area (Å²) in [6.45, 7) is 2.03. The van der Waals surface area contributed by atoms with Crippen molar-refractivity contribution >= 4 is 50.1 Å². The topological polar surface area (TPSA) is 105 Å². The van der Waals surface area contributed by atoms with Gasteiger partial charge in [0.2, 0.25) is 11.7 Å². The minimum atomic E-state index is -0.152. The predicted molar refractivity (Wildman–Crippen MR) is 114 cm³/mol. The molecule has 3 heterocycles. The van der Waals surface area contributed by atoms with Crippen LogP contribution in [0.1, 0.15) is 29.7 Å². The van der Waals surface area contributed by atoms with E-state index in [1.807, 2.05) is 23.5 Å². The number of nitrogens with zero attached hydrogens (tertiary/aromatic N) is 4. The van der Waals surface area contributed by atoms with Gasteiger partial charge < -0.3 is 5.32 Å². The molecule has 0 unspecified atom stereocenters. The van der Waals surface area contributed by atoms with Gasteiger partial charge in [-0.25, -0.2) is 4.98 Å². The van der Waals surface area contributed by atoms with E-state index in [4.69, 9.17) is 0 Å². The summed E-state index contributed by atoms with van der Waals surface area (Å²) in [5, 5.41) is 12.3. The van der Waals surface area contributed by atoms with Crippen LogP contribution in [0.2, 0.25) is 0 Å². The first-order valence-electron chi connectivity index (χ1n) is 9.37. The number of aromatic nitrogens is 5. The fraction of sp³-hybridized carbons (Fsp3) is 0.316. The van der Waals surface area contributed by atoms with Crippen LogP contribution in [0.4, 0.5) is 5.13 Å². The number of H-pyrrole nitrogens is 1. The summed E-state index contributed by atoms with van der Waals surface area (Å²) in [7, 11) is 0. The van der Waals surface area contributed by atoms with Crippen molar-refractivity contribution in [1.82, 2.24) is 24.6 Å². The number of aryl methyl sites for hydroxylation is 2. The highest BCUT2D eigenvalue weighted by molar-refractivity contribution is 7.99. The molecule has 0 spiro atoms. The molecule has 0 fully saturated rings. The first-order chi connectivity index (χ1) is 14.1. The maximum Gasteiger partial charge on any atom is 0.255 e. The van der Waals surface area contributed by atoms with Crippen molar-refractivity contribution in [3.8, 4) is 0 Å². The largest absolute Gasteiger partial charge is 0.301 e. The fourth-order valence-corrected chi connectivity index (χ4v) is 5.35. The average Bonchev–Trinajstić information content (AvgIpc) is 3.29. The molecule has 4 aromatic rings. The SMILES string of the molecule is Cc1ccc2nc(NC(=O)CSc3nnc4[nH]c(=O)c5c(n34)CCCC5)sc2c1. The van der Waals surface area contributed by atoms with Crippen LogP contribution in [-0.2, 0) is 17.6 Å². The van der Waals surface area contributed by atoms with E-state index in [-0.39, 0.29) is 17.2 Å². The smallest absolute Gasteiger partial charge is 0.255 e. The number of hydrogen-bond donors (Lipinski definition) is 2. The number of amides is 1. The number of nitrogens with one attached hydrogen (secondary N) is 2. The number of carbonyl (C=O) groups excluding carboxylic acids is 1. The van der Waals surface area contributed by atoms with Gasteiger partial charge in [-0.05, 0) is 50.3 Å². The van der Waals surface area contributed by atoms with Gasteiger partial charge in [-0.2, -0.15) is 0 Å². The van der Waals surface area contributed by atoms with E-state index in [1.165, 1.54) is 23.1 Å². The van der Waals surface area contributed by atoms with Gasteiger partial charge in [0.05, 0.1) is 16.0 Å². The number of rotatable bonds is 4. The summed E-state index contributed by atoms with van der Waals surface area (Å²) < 4.78 is 2.93. The minimum Gasteiger partial charge on any atom is -0.301 e. The highest BCUT2D eigenvalue weighted by Gasteiger charge is 2.21. The lowest BCUT2D eigenvalue weighted by Crippen LogP contribution is -2.23. The minimum absolute atomic E-state index is 0.0834. The van der Waals surface area contributed by atoms with Crippen molar-refractivity contribution in [2.45, 2.75) is 37.8 Å². The monoisotopic (exact) mass is 426 g/mol. The second kappa shape index (κ2) is 7.27. The quantitative estimate of drug-likeness (QED) is 0.486. The molecule has 29 heavy (non-hydrogen) atoms. The van der Waals surface area contributed by atoms with Crippen molar-refractivity contribution in [2.75, 3.05) is 11.1 Å². The standard InChI is InChI=1S/C19H18N6O2S2/c1-10-6-7-12-14(8-10)29-18(20-12)21-15(26)9-28-19-24-23-17-22-16(27)11-4-2-3-5-13(11)25(17)19/h6-8H,2-5,9H2,1H3,(H,20,21,26)(H,22,23,27). The van der Waals surface area contributed by atoms with Crippen LogP contribution in [0.15, 0.2) is 28.2 Å². The summed E-state index contributed by atoms with van der Waals surface area (Å²) >= 11 is 2.76. The molecule has 1 aliphatic rings. The summed E-state index contributed by atoms with van der Waals surface area (Å²) in [6.07, 6.45) is 3.63. The van der Waals surface area contributed by atoms with E-state index in [0.717, 1.165) is 52.7 Å². The molecule has 0 atom stereocenters. The highest BCUT2D eigenvalue weighted by atomic mass is 32.2. The molecule has 8 nitrogen and oxygen atoms in total. The number of hydrogen-bond acceptors (Lipinski definition) is 7. The van der Waals surface area contributed by atoms with Crippen molar-refractivity contribution in [1.29, 1.82) is 0 Å². The Bertz CT molecular complexity index is 1310. The Morgan fingerprint density at radius 3 is 3.07 bits per heavy atom. The summed E-state index contributed by atoms with van der Waals surface area (Å²) in [4.78, 5) is 31.9. The van der Waals surface area contributed by atoms with Crippen LogP contribution in [0.25, 0.3) is 16.0 Å². The molecule has 1 aromatic carbocycles. The van der Waals surface area contributed by atoms with Gasteiger partial charge in [0.1, 0.15) is 0 Å². The van der Waals surface area contributed by atoms with Crippen LogP contribution in [0.3, 0.4) is 0 Å². The van der Waals surface area contributed by atoms with Crippen LogP contribution in [-0.4, -0.2) is 36.2 Å². The van der Waals surface area contributed by atoms with E-state index in [1.54, 1.807) is 0 Å². The Morgan fingerprint density at radius 2 is 2.17 bits per heavy atom. The van der Waals surface area contributed by atoms with E-state index in [9.17, 15) is 9.59 Å². The molecular formula is C19H18N6O2S2. The Kier molecular flexibility index (Phi) is 4.59. The van der Waals surface area contributed by atoms with Gasteiger partial charge in [-0.3, -0.25) is 19.0 Å². The van der Waals surface area contributed by atoms with E-state index < -0.39 is 0 Å². The molecule has 0 saturated heterocycles. The van der Waals surface area contributed by atoms with Gasteiger partial charge in [0, 0.05) is 11.3 Å². The second-order valence-electron chi connectivity index (χ2n) is 7.06. The van der Waals surface area contributed by atoms with E-state index >= 15 is 0 Å². The summed E-state index contributed by atoms with van der Waals surface area (Å²) in [5.74, 6) is 0.463. The molecule has 10 heteroatoms. The third kappa shape index (κ3) is 3.42. The molecule has 0 aliphatic heterocycles. The van der Waals surface area contributed by atoms with Crippen molar-refractivity contribution in [3.63, 3.8) is 0 Å². The van der Waals surface area contributed by atoms with Crippen LogP contribution < -0.4 is 10.9 Å².